The molecule has 0 fully saturated rings. The molecule has 66 valence electrons. The van der Waals surface area contributed by atoms with Gasteiger partial charge in [0.05, 0.1) is 0 Å². The number of hydrazine groups is 1. The van der Waals surface area contributed by atoms with Crippen LogP contribution in [0.5, 0.6) is 0 Å². The molecular formula is C6H15N3S2. The van der Waals surface area contributed by atoms with Gasteiger partial charge in [-0.2, -0.15) is 0 Å². The number of allylic oxidation sites excluding steroid dienone is 1. The minimum Gasteiger partial charge on any atom is -0.402 e. The van der Waals surface area contributed by atoms with E-state index >= 15 is 0 Å². The molecule has 0 saturated heterocycles. The Morgan fingerprint density at radius 2 is 2.00 bits per heavy atom. The summed E-state index contributed by atoms with van der Waals surface area (Å²) in [7, 11) is 3.60. The number of nitrogens with two attached hydrogens (primary N) is 2. The highest BCUT2D eigenvalue weighted by Gasteiger charge is 1.90. The lowest BCUT2D eigenvalue weighted by atomic mass is 10.4. The van der Waals surface area contributed by atoms with Crippen LogP contribution in [-0.2, 0) is 0 Å². The molecule has 5 heteroatoms. The van der Waals surface area contributed by atoms with Crippen molar-refractivity contribution in [3.8, 4) is 0 Å². The van der Waals surface area contributed by atoms with Crippen molar-refractivity contribution in [1.82, 2.24) is 5.43 Å². The third kappa shape index (κ3) is 10.2. The molecular weight excluding hydrogens is 178 g/mol. The molecule has 5 N–H and O–H groups in total. The van der Waals surface area contributed by atoms with E-state index in [9.17, 15) is 0 Å². The fraction of sp³-hybridized carbons (Fsp3) is 0.667. The SMILES string of the molecule is C=C(N)CCSSCCNN. The minimum absolute atomic E-state index is 0.759. The molecule has 0 unspecified atom stereocenters. The topological polar surface area (TPSA) is 64.1 Å². The maximum atomic E-state index is 5.38. The summed E-state index contributed by atoms with van der Waals surface area (Å²) in [6.45, 7) is 4.46. The van der Waals surface area contributed by atoms with E-state index in [2.05, 4.69) is 12.0 Å². The Morgan fingerprint density at radius 3 is 2.55 bits per heavy atom. The monoisotopic (exact) mass is 193 g/mol. The van der Waals surface area contributed by atoms with E-state index in [0.29, 0.717) is 0 Å². The largest absolute Gasteiger partial charge is 0.402 e. The van der Waals surface area contributed by atoms with E-state index in [0.717, 1.165) is 30.2 Å². The van der Waals surface area contributed by atoms with Gasteiger partial charge in [0, 0.05) is 23.7 Å². The fourth-order valence-corrected chi connectivity index (χ4v) is 2.38. The first-order valence-corrected chi connectivity index (χ1v) is 5.87. The molecule has 0 rings (SSSR count). The van der Waals surface area contributed by atoms with Gasteiger partial charge >= 0.3 is 0 Å². The van der Waals surface area contributed by atoms with Crippen molar-refractivity contribution >= 4 is 21.6 Å². The fourth-order valence-electron chi connectivity index (χ4n) is 0.391. The second-order valence-electron chi connectivity index (χ2n) is 2.01. The van der Waals surface area contributed by atoms with E-state index in [1.165, 1.54) is 0 Å². The molecule has 0 aliphatic heterocycles. The summed E-state index contributed by atoms with van der Waals surface area (Å²) in [6.07, 6.45) is 0.897. The van der Waals surface area contributed by atoms with Crippen LogP contribution in [-0.4, -0.2) is 18.1 Å². The predicted octanol–water partition coefficient (Wildman–Crippen LogP) is 0.694. The van der Waals surface area contributed by atoms with Crippen molar-refractivity contribution in [3.05, 3.63) is 12.3 Å². The smallest absolute Gasteiger partial charge is 0.0197 e. The Kier molecular flexibility index (Phi) is 8.38. The van der Waals surface area contributed by atoms with E-state index in [1.54, 1.807) is 21.6 Å². The van der Waals surface area contributed by atoms with Gasteiger partial charge in [-0.15, -0.1) is 0 Å². The van der Waals surface area contributed by atoms with Crippen LogP contribution in [0.3, 0.4) is 0 Å². The number of hydrogen-bond donors (Lipinski definition) is 3. The molecule has 0 atom stereocenters. The summed E-state index contributed by atoms with van der Waals surface area (Å²) in [6, 6.07) is 0. The summed E-state index contributed by atoms with van der Waals surface area (Å²) < 4.78 is 0. The van der Waals surface area contributed by atoms with Crippen LogP contribution >= 0.6 is 21.6 Å². The first-order chi connectivity index (χ1) is 5.27. The summed E-state index contributed by atoms with van der Waals surface area (Å²) >= 11 is 0. The van der Waals surface area contributed by atoms with Crippen LogP contribution in [0, 0.1) is 0 Å². The van der Waals surface area contributed by atoms with Gasteiger partial charge in [-0.25, -0.2) is 0 Å². The number of rotatable bonds is 7. The molecule has 11 heavy (non-hydrogen) atoms. The lowest BCUT2D eigenvalue weighted by Crippen LogP contribution is -2.24. The molecule has 0 bridgehead atoms. The summed E-state index contributed by atoms with van der Waals surface area (Å²) in [5.41, 5.74) is 8.73. The first kappa shape index (κ1) is 11.2. The second-order valence-corrected chi connectivity index (χ2v) is 4.71. The van der Waals surface area contributed by atoms with Crippen molar-refractivity contribution in [2.45, 2.75) is 6.42 Å². The van der Waals surface area contributed by atoms with Gasteiger partial charge in [0.2, 0.25) is 0 Å². The summed E-state index contributed by atoms with van der Waals surface area (Å²) in [5, 5.41) is 0. The summed E-state index contributed by atoms with van der Waals surface area (Å²) in [4.78, 5) is 0. The molecule has 0 saturated carbocycles. The Morgan fingerprint density at radius 1 is 1.36 bits per heavy atom. The van der Waals surface area contributed by atoms with Crippen molar-refractivity contribution in [2.24, 2.45) is 11.6 Å². The lowest BCUT2D eigenvalue weighted by molar-refractivity contribution is 0.788. The van der Waals surface area contributed by atoms with Crippen LogP contribution in [0.2, 0.25) is 0 Å². The van der Waals surface area contributed by atoms with Crippen molar-refractivity contribution in [1.29, 1.82) is 0 Å². The quantitative estimate of drug-likeness (QED) is 0.240. The third-order valence-corrected chi connectivity index (χ3v) is 3.33. The van der Waals surface area contributed by atoms with Crippen LogP contribution in [0.15, 0.2) is 12.3 Å². The maximum absolute atomic E-state index is 5.38. The highest BCUT2D eigenvalue weighted by atomic mass is 33.1. The first-order valence-electron chi connectivity index (χ1n) is 3.38. The van der Waals surface area contributed by atoms with Crippen molar-refractivity contribution in [2.75, 3.05) is 18.1 Å². The molecule has 0 aliphatic rings. The summed E-state index contributed by atoms with van der Waals surface area (Å²) in [5.74, 6) is 7.14. The Hall–Kier alpha value is 0.160. The van der Waals surface area contributed by atoms with Gasteiger partial charge < -0.3 is 5.73 Å². The average molecular weight is 193 g/mol. The lowest BCUT2D eigenvalue weighted by Gasteiger charge is -1.99. The Labute approximate surface area is 75.7 Å². The van der Waals surface area contributed by atoms with Crippen molar-refractivity contribution < 1.29 is 0 Å². The standard InChI is InChI=1S/C6H15N3S2/c1-6(7)2-4-10-11-5-3-9-8/h9H,1-5,7-8H2. The van der Waals surface area contributed by atoms with Gasteiger partial charge in [0.25, 0.3) is 0 Å². The second kappa shape index (κ2) is 8.26. The molecule has 0 aromatic heterocycles. The zero-order chi connectivity index (χ0) is 8.53. The van der Waals surface area contributed by atoms with Gasteiger partial charge in [0.15, 0.2) is 0 Å². The van der Waals surface area contributed by atoms with Crippen LogP contribution < -0.4 is 17.0 Å². The molecule has 0 aliphatic carbocycles. The highest BCUT2D eigenvalue weighted by molar-refractivity contribution is 8.76. The molecule has 0 spiro atoms. The van der Waals surface area contributed by atoms with Crippen LogP contribution in [0.1, 0.15) is 6.42 Å². The van der Waals surface area contributed by atoms with E-state index in [-0.39, 0.29) is 0 Å². The zero-order valence-electron chi connectivity index (χ0n) is 6.51. The highest BCUT2D eigenvalue weighted by Crippen LogP contribution is 2.21. The molecule has 0 radical (unpaired) electrons. The normalized spacial score (nSPS) is 9.91. The zero-order valence-corrected chi connectivity index (χ0v) is 8.14. The molecule has 0 aromatic carbocycles. The van der Waals surface area contributed by atoms with Crippen LogP contribution in [0.4, 0.5) is 0 Å². The van der Waals surface area contributed by atoms with Crippen molar-refractivity contribution in [3.63, 3.8) is 0 Å². The third-order valence-electron chi connectivity index (χ3n) is 0.920. The molecule has 0 aromatic rings. The van der Waals surface area contributed by atoms with Gasteiger partial charge in [-0.3, -0.25) is 11.3 Å². The maximum Gasteiger partial charge on any atom is 0.0197 e. The van der Waals surface area contributed by atoms with Gasteiger partial charge in [0.1, 0.15) is 0 Å². The Bertz CT molecular complexity index is 108. The Balaban J connectivity index is 2.85. The minimum atomic E-state index is 0.759. The van der Waals surface area contributed by atoms with Gasteiger partial charge in [-0.1, -0.05) is 28.2 Å². The molecule has 0 amide bonds. The molecule has 0 heterocycles. The number of hydrogen-bond acceptors (Lipinski definition) is 5. The van der Waals surface area contributed by atoms with Gasteiger partial charge in [-0.05, 0) is 6.42 Å². The van der Waals surface area contributed by atoms with Crippen LogP contribution in [0.25, 0.3) is 0 Å². The number of nitrogens with one attached hydrogen (secondary N) is 1. The van der Waals surface area contributed by atoms with E-state index in [4.69, 9.17) is 11.6 Å². The van der Waals surface area contributed by atoms with E-state index in [1.807, 2.05) is 0 Å². The van der Waals surface area contributed by atoms with E-state index < -0.39 is 0 Å². The average Bonchev–Trinajstić information content (AvgIpc) is 1.96. The molecule has 3 nitrogen and oxygen atoms in total. The predicted molar refractivity (Wildman–Crippen MR) is 55.1 cm³/mol.